The molecule has 24 heavy (non-hydrogen) atoms. The summed E-state index contributed by atoms with van der Waals surface area (Å²) in [6.45, 7) is 5.44. The van der Waals surface area contributed by atoms with Crippen LogP contribution in [0.5, 0.6) is 11.6 Å². The third-order valence-corrected chi connectivity index (χ3v) is 3.83. The van der Waals surface area contributed by atoms with Gasteiger partial charge in [0.25, 0.3) is 0 Å². The van der Waals surface area contributed by atoms with Crippen LogP contribution in [0, 0.1) is 0 Å². The second kappa shape index (κ2) is 7.77. The summed E-state index contributed by atoms with van der Waals surface area (Å²) in [6.07, 6.45) is 2.10. The van der Waals surface area contributed by atoms with Crippen LogP contribution < -0.4 is 9.47 Å². The molecular weight excluding hydrogens is 300 g/mol. The van der Waals surface area contributed by atoms with Crippen molar-refractivity contribution in [2.45, 2.75) is 26.7 Å². The van der Waals surface area contributed by atoms with Gasteiger partial charge in [0, 0.05) is 16.3 Å². The zero-order valence-electron chi connectivity index (χ0n) is 14.2. The molecule has 0 radical (unpaired) electrons. The van der Waals surface area contributed by atoms with Crippen LogP contribution in [0.1, 0.15) is 26.7 Å². The lowest BCUT2D eigenvalue weighted by Crippen LogP contribution is -2.01. The highest BCUT2D eigenvalue weighted by Crippen LogP contribution is 2.31. The second-order valence-corrected chi connectivity index (χ2v) is 5.56. The predicted molar refractivity (Wildman–Crippen MR) is 96.5 cm³/mol. The number of hydrogen-bond donors (Lipinski definition) is 0. The summed E-state index contributed by atoms with van der Waals surface area (Å²) in [4.78, 5) is 0. The average Bonchev–Trinajstić information content (AvgIpc) is 2.63. The number of rotatable bonds is 7. The molecule has 0 atom stereocenters. The van der Waals surface area contributed by atoms with E-state index in [1.807, 2.05) is 49.4 Å². The van der Waals surface area contributed by atoms with Crippen molar-refractivity contribution in [2.75, 3.05) is 13.2 Å². The maximum absolute atomic E-state index is 5.81. The quantitative estimate of drug-likeness (QED) is 0.582. The molecule has 0 aliphatic rings. The first-order valence-electron chi connectivity index (χ1n) is 8.45. The SMILES string of the molecule is CCCCOc1nnc(-c2ccc(OCC)cc2)c2ccccc12. The number of aromatic nitrogens is 2. The van der Waals surface area contributed by atoms with Gasteiger partial charge < -0.3 is 9.47 Å². The highest BCUT2D eigenvalue weighted by molar-refractivity contribution is 5.96. The molecule has 3 rings (SSSR count). The smallest absolute Gasteiger partial charge is 0.241 e. The molecule has 0 N–H and O–H groups in total. The lowest BCUT2D eigenvalue weighted by molar-refractivity contribution is 0.298. The van der Waals surface area contributed by atoms with Crippen LogP contribution in [-0.2, 0) is 0 Å². The van der Waals surface area contributed by atoms with Crippen LogP contribution in [0.2, 0.25) is 0 Å². The van der Waals surface area contributed by atoms with E-state index >= 15 is 0 Å². The highest BCUT2D eigenvalue weighted by Gasteiger charge is 2.11. The maximum atomic E-state index is 5.81. The van der Waals surface area contributed by atoms with Gasteiger partial charge in [0.2, 0.25) is 5.88 Å². The molecule has 4 heteroatoms. The standard InChI is InChI=1S/C20H22N2O2/c1-3-5-14-24-20-18-9-7-6-8-17(18)19(21-22-20)15-10-12-16(13-11-15)23-4-2/h6-13H,3-5,14H2,1-2H3. The zero-order valence-corrected chi connectivity index (χ0v) is 14.2. The van der Waals surface area contributed by atoms with E-state index in [-0.39, 0.29) is 0 Å². The Morgan fingerprint density at radius 1 is 0.833 bits per heavy atom. The van der Waals surface area contributed by atoms with Crippen LogP contribution >= 0.6 is 0 Å². The van der Waals surface area contributed by atoms with Crippen molar-refractivity contribution in [3.63, 3.8) is 0 Å². The Kier molecular flexibility index (Phi) is 5.26. The van der Waals surface area contributed by atoms with Crippen molar-refractivity contribution in [1.82, 2.24) is 10.2 Å². The van der Waals surface area contributed by atoms with Gasteiger partial charge in [-0.05, 0) is 43.7 Å². The van der Waals surface area contributed by atoms with Crippen LogP contribution in [0.15, 0.2) is 48.5 Å². The van der Waals surface area contributed by atoms with Crippen LogP contribution in [-0.4, -0.2) is 23.4 Å². The topological polar surface area (TPSA) is 44.2 Å². The van der Waals surface area contributed by atoms with Gasteiger partial charge in [-0.1, -0.05) is 31.5 Å². The highest BCUT2D eigenvalue weighted by atomic mass is 16.5. The number of hydrogen-bond acceptors (Lipinski definition) is 4. The fraction of sp³-hybridized carbons (Fsp3) is 0.300. The second-order valence-electron chi connectivity index (χ2n) is 5.56. The van der Waals surface area contributed by atoms with Crippen molar-refractivity contribution >= 4 is 10.8 Å². The fourth-order valence-electron chi connectivity index (χ4n) is 2.59. The van der Waals surface area contributed by atoms with E-state index in [9.17, 15) is 0 Å². The molecule has 0 amide bonds. The van der Waals surface area contributed by atoms with Crippen molar-refractivity contribution in [3.8, 4) is 22.9 Å². The third-order valence-electron chi connectivity index (χ3n) is 3.83. The largest absolute Gasteiger partial charge is 0.494 e. The monoisotopic (exact) mass is 322 g/mol. The molecule has 0 saturated heterocycles. The Morgan fingerprint density at radius 3 is 2.29 bits per heavy atom. The molecule has 0 saturated carbocycles. The first-order chi connectivity index (χ1) is 11.8. The summed E-state index contributed by atoms with van der Waals surface area (Å²) >= 11 is 0. The minimum atomic E-state index is 0.605. The summed E-state index contributed by atoms with van der Waals surface area (Å²) in [5.74, 6) is 1.46. The van der Waals surface area contributed by atoms with E-state index in [0.717, 1.165) is 40.6 Å². The summed E-state index contributed by atoms with van der Waals surface area (Å²) in [5, 5.41) is 10.8. The molecule has 1 heterocycles. The number of fused-ring (bicyclic) bond motifs is 1. The van der Waals surface area contributed by atoms with Crippen LogP contribution in [0.25, 0.3) is 22.0 Å². The Hall–Kier alpha value is -2.62. The van der Waals surface area contributed by atoms with Gasteiger partial charge in [-0.25, -0.2) is 0 Å². The summed E-state index contributed by atoms with van der Waals surface area (Å²) in [6, 6.07) is 16.0. The fourth-order valence-corrected chi connectivity index (χ4v) is 2.59. The van der Waals surface area contributed by atoms with Crippen molar-refractivity contribution in [1.29, 1.82) is 0 Å². The first kappa shape index (κ1) is 16.2. The molecule has 124 valence electrons. The first-order valence-corrected chi connectivity index (χ1v) is 8.45. The molecule has 0 spiro atoms. The number of benzene rings is 2. The maximum Gasteiger partial charge on any atom is 0.241 e. The van der Waals surface area contributed by atoms with E-state index < -0.39 is 0 Å². The minimum absolute atomic E-state index is 0.605. The molecule has 0 aliphatic carbocycles. The minimum Gasteiger partial charge on any atom is -0.494 e. The lowest BCUT2D eigenvalue weighted by atomic mass is 10.0. The van der Waals surface area contributed by atoms with Gasteiger partial charge in [-0.3, -0.25) is 0 Å². The summed E-state index contributed by atoms with van der Waals surface area (Å²) < 4.78 is 11.3. The predicted octanol–water partition coefficient (Wildman–Crippen LogP) is 4.87. The van der Waals surface area contributed by atoms with E-state index in [1.165, 1.54) is 0 Å². The molecule has 0 bridgehead atoms. The molecular formula is C20H22N2O2. The average molecular weight is 322 g/mol. The van der Waals surface area contributed by atoms with Crippen molar-refractivity contribution in [3.05, 3.63) is 48.5 Å². The zero-order chi connectivity index (χ0) is 16.8. The normalized spacial score (nSPS) is 10.8. The summed E-state index contributed by atoms with van der Waals surface area (Å²) in [5.41, 5.74) is 1.87. The van der Waals surface area contributed by atoms with Gasteiger partial charge in [0.05, 0.1) is 13.2 Å². The molecule has 4 nitrogen and oxygen atoms in total. The molecule has 1 aromatic heterocycles. The molecule has 3 aromatic rings. The Labute approximate surface area is 142 Å². The molecule has 0 aliphatic heterocycles. The molecule has 0 fully saturated rings. The van der Waals surface area contributed by atoms with Gasteiger partial charge in [0.15, 0.2) is 0 Å². The molecule has 2 aromatic carbocycles. The van der Waals surface area contributed by atoms with Crippen LogP contribution in [0.3, 0.4) is 0 Å². The van der Waals surface area contributed by atoms with Crippen LogP contribution in [0.4, 0.5) is 0 Å². The lowest BCUT2D eigenvalue weighted by Gasteiger charge is -2.11. The van der Waals surface area contributed by atoms with E-state index in [1.54, 1.807) is 0 Å². The van der Waals surface area contributed by atoms with E-state index in [4.69, 9.17) is 9.47 Å². The Bertz CT molecular complexity index is 800. The molecule has 0 unspecified atom stereocenters. The van der Waals surface area contributed by atoms with Gasteiger partial charge in [0.1, 0.15) is 11.4 Å². The number of ether oxygens (including phenoxy) is 2. The van der Waals surface area contributed by atoms with E-state index in [0.29, 0.717) is 19.1 Å². The van der Waals surface area contributed by atoms with E-state index in [2.05, 4.69) is 23.2 Å². The van der Waals surface area contributed by atoms with Gasteiger partial charge in [-0.2, -0.15) is 0 Å². The third kappa shape index (κ3) is 3.48. The van der Waals surface area contributed by atoms with Gasteiger partial charge >= 0.3 is 0 Å². The van der Waals surface area contributed by atoms with Gasteiger partial charge in [-0.15, -0.1) is 10.2 Å². The number of nitrogens with zero attached hydrogens (tertiary/aromatic N) is 2. The Morgan fingerprint density at radius 2 is 1.58 bits per heavy atom. The summed E-state index contributed by atoms with van der Waals surface area (Å²) in [7, 11) is 0. The van der Waals surface area contributed by atoms with Crippen molar-refractivity contribution < 1.29 is 9.47 Å². The van der Waals surface area contributed by atoms with Crippen molar-refractivity contribution in [2.24, 2.45) is 0 Å². The number of unbranched alkanes of at least 4 members (excludes halogenated alkanes) is 1. The Balaban J connectivity index is 1.98.